The predicted octanol–water partition coefficient (Wildman–Crippen LogP) is 2.62. The molecule has 2 saturated carbocycles. The van der Waals surface area contributed by atoms with Crippen LogP contribution in [0.2, 0.25) is 0 Å². The predicted molar refractivity (Wildman–Crippen MR) is 67.1 cm³/mol. The summed E-state index contributed by atoms with van der Waals surface area (Å²) in [6, 6.07) is 1.66. The van der Waals surface area contributed by atoms with E-state index in [2.05, 4.69) is 27.2 Å². The summed E-state index contributed by atoms with van der Waals surface area (Å²) >= 11 is 0. The molecule has 2 aliphatic carbocycles. The Kier molecular flexibility index (Phi) is 2.97. The number of amides is 2. The number of hydrogen-bond acceptors (Lipinski definition) is 3. The maximum absolute atomic E-state index is 11.8. The standard InChI is InChI=1S/C13H19N3O2/c1-8(11-7-9-2-3-10(11)6-9)14-13(17)15-12-4-5-18-16-12/h4-5,8-11H,2-3,6-7H2,1H3,(H2,14,15,16,17). The van der Waals surface area contributed by atoms with Crippen LogP contribution < -0.4 is 10.6 Å². The van der Waals surface area contributed by atoms with Crippen molar-refractivity contribution in [2.24, 2.45) is 17.8 Å². The topological polar surface area (TPSA) is 67.2 Å². The minimum absolute atomic E-state index is 0.195. The van der Waals surface area contributed by atoms with Crippen LogP contribution in [0.5, 0.6) is 0 Å². The number of nitrogens with zero attached hydrogens (tertiary/aromatic N) is 1. The number of urea groups is 1. The van der Waals surface area contributed by atoms with E-state index < -0.39 is 0 Å². The van der Waals surface area contributed by atoms with Crippen molar-refractivity contribution in [3.63, 3.8) is 0 Å². The lowest BCUT2D eigenvalue weighted by Gasteiger charge is -2.28. The van der Waals surface area contributed by atoms with E-state index in [4.69, 9.17) is 0 Å². The molecule has 1 aromatic heterocycles. The number of fused-ring (bicyclic) bond motifs is 2. The molecule has 5 nitrogen and oxygen atoms in total. The van der Waals surface area contributed by atoms with E-state index >= 15 is 0 Å². The molecule has 1 aromatic rings. The highest BCUT2D eigenvalue weighted by Gasteiger charge is 2.42. The van der Waals surface area contributed by atoms with Crippen LogP contribution in [0.4, 0.5) is 10.6 Å². The molecular formula is C13H19N3O2. The Balaban J connectivity index is 1.51. The maximum atomic E-state index is 11.8. The molecule has 0 radical (unpaired) electrons. The van der Waals surface area contributed by atoms with Crippen LogP contribution in [0.1, 0.15) is 32.6 Å². The van der Waals surface area contributed by atoms with Gasteiger partial charge in [0.15, 0.2) is 5.82 Å². The first-order valence-corrected chi connectivity index (χ1v) is 6.70. The number of hydrogen-bond donors (Lipinski definition) is 2. The molecule has 5 heteroatoms. The van der Waals surface area contributed by atoms with E-state index in [1.165, 1.54) is 31.9 Å². The van der Waals surface area contributed by atoms with Crippen LogP contribution in [-0.4, -0.2) is 17.2 Å². The quantitative estimate of drug-likeness (QED) is 0.865. The second kappa shape index (κ2) is 4.63. The van der Waals surface area contributed by atoms with Gasteiger partial charge < -0.3 is 9.84 Å². The van der Waals surface area contributed by atoms with Crippen molar-refractivity contribution in [3.8, 4) is 0 Å². The zero-order valence-electron chi connectivity index (χ0n) is 10.6. The molecule has 0 aromatic carbocycles. The molecule has 4 atom stereocenters. The molecule has 3 rings (SSSR count). The smallest absolute Gasteiger partial charge is 0.320 e. The Morgan fingerprint density at radius 1 is 1.50 bits per heavy atom. The van der Waals surface area contributed by atoms with Gasteiger partial charge in [-0.15, -0.1) is 0 Å². The van der Waals surface area contributed by atoms with Crippen molar-refractivity contribution in [2.45, 2.75) is 38.6 Å². The Bertz CT molecular complexity index is 418. The van der Waals surface area contributed by atoms with Gasteiger partial charge in [-0.25, -0.2) is 4.79 Å². The largest absolute Gasteiger partial charge is 0.363 e. The van der Waals surface area contributed by atoms with E-state index in [0.717, 1.165) is 11.8 Å². The molecule has 98 valence electrons. The third-order valence-corrected chi connectivity index (χ3v) is 4.47. The van der Waals surface area contributed by atoms with Gasteiger partial charge in [0.05, 0.1) is 0 Å². The SMILES string of the molecule is CC(NC(=O)Nc1ccon1)C1CC2CCC1C2. The normalized spacial score (nSPS) is 31.3. The Morgan fingerprint density at radius 3 is 3.00 bits per heavy atom. The molecule has 0 spiro atoms. The van der Waals surface area contributed by atoms with Gasteiger partial charge in [0, 0.05) is 12.1 Å². The molecule has 2 N–H and O–H groups in total. The molecule has 0 saturated heterocycles. The van der Waals surface area contributed by atoms with Crippen molar-refractivity contribution in [3.05, 3.63) is 12.3 Å². The Hall–Kier alpha value is -1.52. The Labute approximate surface area is 106 Å². The zero-order valence-corrected chi connectivity index (χ0v) is 10.6. The van der Waals surface area contributed by atoms with Crippen LogP contribution in [0, 0.1) is 17.8 Å². The first-order valence-electron chi connectivity index (χ1n) is 6.70. The molecule has 18 heavy (non-hydrogen) atoms. The average molecular weight is 249 g/mol. The number of rotatable bonds is 3. The fourth-order valence-electron chi connectivity index (χ4n) is 3.65. The number of anilines is 1. The van der Waals surface area contributed by atoms with Gasteiger partial charge in [-0.1, -0.05) is 11.6 Å². The van der Waals surface area contributed by atoms with Crippen LogP contribution in [0.25, 0.3) is 0 Å². The molecule has 2 bridgehead atoms. The lowest BCUT2D eigenvalue weighted by atomic mass is 9.84. The van der Waals surface area contributed by atoms with E-state index in [-0.39, 0.29) is 12.1 Å². The molecule has 2 fully saturated rings. The van der Waals surface area contributed by atoms with Crippen molar-refractivity contribution < 1.29 is 9.32 Å². The van der Waals surface area contributed by atoms with Gasteiger partial charge in [0.1, 0.15) is 6.26 Å². The average Bonchev–Trinajstić information content (AvgIpc) is 3.04. The first-order chi connectivity index (χ1) is 8.72. The highest BCUT2D eigenvalue weighted by molar-refractivity contribution is 5.88. The van der Waals surface area contributed by atoms with Crippen molar-refractivity contribution in [1.29, 1.82) is 0 Å². The van der Waals surface area contributed by atoms with E-state index in [9.17, 15) is 4.79 Å². The second-order valence-electron chi connectivity index (χ2n) is 5.61. The van der Waals surface area contributed by atoms with Crippen LogP contribution in [-0.2, 0) is 0 Å². The van der Waals surface area contributed by atoms with Gasteiger partial charge in [-0.3, -0.25) is 5.32 Å². The van der Waals surface area contributed by atoms with Gasteiger partial charge in [0.25, 0.3) is 0 Å². The van der Waals surface area contributed by atoms with Crippen molar-refractivity contribution in [1.82, 2.24) is 10.5 Å². The highest BCUT2D eigenvalue weighted by Crippen LogP contribution is 2.49. The van der Waals surface area contributed by atoms with Crippen molar-refractivity contribution >= 4 is 11.8 Å². The fraction of sp³-hybridized carbons (Fsp3) is 0.692. The monoisotopic (exact) mass is 249 g/mol. The molecule has 1 heterocycles. The maximum Gasteiger partial charge on any atom is 0.320 e. The minimum atomic E-state index is -0.195. The minimum Gasteiger partial charge on any atom is -0.363 e. The van der Waals surface area contributed by atoms with E-state index in [0.29, 0.717) is 11.7 Å². The summed E-state index contributed by atoms with van der Waals surface area (Å²) in [5.74, 6) is 2.82. The number of carbonyl (C=O) groups is 1. The first kappa shape index (κ1) is 11.6. The van der Waals surface area contributed by atoms with Gasteiger partial charge in [0.2, 0.25) is 0 Å². The third-order valence-electron chi connectivity index (χ3n) is 4.47. The Morgan fingerprint density at radius 2 is 2.39 bits per heavy atom. The molecule has 2 aliphatic rings. The summed E-state index contributed by atoms with van der Waals surface area (Å²) in [7, 11) is 0. The summed E-state index contributed by atoms with van der Waals surface area (Å²) in [5.41, 5.74) is 0. The number of carbonyl (C=O) groups excluding carboxylic acids is 1. The highest BCUT2D eigenvalue weighted by atomic mass is 16.5. The third kappa shape index (κ3) is 2.21. The van der Waals surface area contributed by atoms with Gasteiger partial charge >= 0.3 is 6.03 Å². The van der Waals surface area contributed by atoms with E-state index in [1.54, 1.807) is 6.07 Å². The van der Waals surface area contributed by atoms with Crippen LogP contribution in [0.15, 0.2) is 16.9 Å². The summed E-state index contributed by atoms with van der Waals surface area (Å²) in [6.07, 6.45) is 6.80. The van der Waals surface area contributed by atoms with Crippen molar-refractivity contribution in [2.75, 3.05) is 5.32 Å². The lowest BCUT2D eigenvalue weighted by Crippen LogP contribution is -2.42. The molecule has 0 aliphatic heterocycles. The lowest BCUT2D eigenvalue weighted by molar-refractivity contribution is 0.230. The summed E-state index contributed by atoms with van der Waals surface area (Å²) in [6.45, 7) is 2.10. The second-order valence-corrected chi connectivity index (χ2v) is 5.61. The zero-order chi connectivity index (χ0) is 12.5. The fourth-order valence-corrected chi connectivity index (χ4v) is 3.65. The molecule has 2 amide bonds. The molecule has 4 unspecified atom stereocenters. The van der Waals surface area contributed by atoms with Crippen LogP contribution in [0.3, 0.4) is 0 Å². The van der Waals surface area contributed by atoms with Gasteiger partial charge in [-0.05, 0) is 43.9 Å². The summed E-state index contributed by atoms with van der Waals surface area (Å²) in [4.78, 5) is 11.8. The van der Waals surface area contributed by atoms with E-state index in [1.807, 2.05) is 0 Å². The summed E-state index contributed by atoms with van der Waals surface area (Å²) in [5, 5.41) is 9.33. The van der Waals surface area contributed by atoms with Gasteiger partial charge in [-0.2, -0.15) is 0 Å². The number of aromatic nitrogens is 1. The molecular weight excluding hydrogens is 230 g/mol. The van der Waals surface area contributed by atoms with Crippen LogP contribution >= 0.6 is 0 Å². The number of nitrogens with one attached hydrogen (secondary N) is 2. The summed E-state index contributed by atoms with van der Waals surface area (Å²) < 4.78 is 4.67.